The molecule has 0 unspecified atom stereocenters. The highest BCUT2D eigenvalue weighted by molar-refractivity contribution is 5.82. The molecule has 2 aromatic rings. The zero-order chi connectivity index (χ0) is 18.0. The molecule has 0 bridgehead atoms. The average molecular weight is 331 g/mol. The van der Waals surface area contributed by atoms with E-state index in [0.717, 1.165) is 12.8 Å². The maximum Gasteiger partial charge on any atom is 0.0284 e. The van der Waals surface area contributed by atoms with Gasteiger partial charge in [0.15, 0.2) is 0 Å². The van der Waals surface area contributed by atoms with E-state index in [1.165, 1.54) is 22.3 Å². The molecule has 0 N–H and O–H groups in total. The van der Waals surface area contributed by atoms with Crippen LogP contribution in [0.1, 0.15) is 76.6 Å². The van der Waals surface area contributed by atoms with Crippen LogP contribution in [0.4, 0.5) is 0 Å². The van der Waals surface area contributed by atoms with Crippen LogP contribution >= 0.6 is 0 Å². The predicted molar refractivity (Wildman–Crippen MR) is 108 cm³/mol. The fourth-order valence-corrected chi connectivity index (χ4v) is 4.52. The maximum absolute atomic E-state index is 2.50. The number of benzene rings is 2. The van der Waals surface area contributed by atoms with E-state index in [1.807, 2.05) is 0 Å². The molecule has 0 atom stereocenters. The number of hydrogen-bond donors (Lipinski definition) is 0. The van der Waals surface area contributed by atoms with Gasteiger partial charge >= 0.3 is 0 Å². The first-order valence-electron chi connectivity index (χ1n) is 9.58. The molecule has 0 radical (unpaired) electrons. The van der Waals surface area contributed by atoms with Crippen molar-refractivity contribution in [3.05, 3.63) is 70.8 Å². The molecule has 0 heteroatoms. The minimum atomic E-state index is 0.160. The van der Waals surface area contributed by atoms with Crippen LogP contribution in [0.2, 0.25) is 0 Å². The molecule has 2 aliphatic rings. The van der Waals surface area contributed by atoms with Crippen LogP contribution in [-0.2, 0) is 16.2 Å². The smallest absolute Gasteiger partial charge is 0.0284 e. The van der Waals surface area contributed by atoms with Gasteiger partial charge in [-0.2, -0.15) is 0 Å². The molecule has 0 nitrogen and oxygen atoms in total. The predicted octanol–water partition coefficient (Wildman–Crippen LogP) is 6.90. The summed E-state index contributed by atoms with van der Waals surface area (Å²) in [6.07, 6.45) is 7.03. The van der Waals surface area contributed by atoms with Gasteiger partial charge in [0, 0.05) is 5.41 Å². The Hall–Kier alpha value is -1.82. The standard InChI is InChI=1S/C25H30/c1-23(2,3)17-9-11-19-20-12-10-18(24(4,5)6)16-22(20)25(21(19)15-17)13-7-8-14-25/h7-12,15-16H,13-14H2,1-6H3. The largest absolute Gasteiger partial charge is 0.0873 e. The molecular weight excluding hydrogens is 300 g/mol. The van der Waals surface area contributed by atoms with Gasteiger partial charge in [-0.1, -0.05) is 90.1 Å². The lowest BCUT2D eigenvalue weighted by atomic mass is 9.73. The molecule has 0 saturated heterocycles. The number of rotatable bonds is 0. The van der Waals surface area contributed by atoms with Gasteiger partial charge in [0.25, 0.3) is 0 Å². The van der Waals surface area contributed by atoms with Gasteiger partial charge < -0.3 is 0 Å². The molecule has 0 fully saturated rings. The summed E-state index contributed by atoms with van der Waals surface area (Å²) in [5, 5.41) is 0. The third-order valence-corrected chi connectivity index (χ3v) is 6.19. The van der Waals surface area contributed by atoms with Crippen LogP contribution in [0.3, 0.4) is 0 Å². The number of hydrogen-bond acceptors (Lipinski definition) is 0. The second-order valence-electron chi connectivity index (χ2n) is 9.98. The molecule has 4 rings (SSSR count). The van der Waals surface area contributed by atoms with Crippen LogP contribution in [0.15, 0.2) is 48.6 Å². The first kappa shape index (κ1) is 16.6. The van der Waals surface area contributed by atoms with Crippen LogP contribution < -0.4 is 0 Å². The molecule has 0 aliphatic heterocycles. The minimum absolute atomic E-state index is 0.160. The van der Waals surface area contributed by atoms with E-state index in [0.29, 0.717) is 0 Å². The second-order valence-corrected chi connectivity index (χ2v) is 9.98. The maximum atomic E-state index is 2.50. The lowest BCUT2D eigenvalue weighted by molar-refractivity contribution is 0.553. The molecule has 0 saturated carbocycles. The molecule has 25 heavy (non-hydrogen) atoms. The van der Waals surface area contributed by atoms with Gasteiger partial charge in [0.2, 0.25) is 0 Å². The van der Waals surface area contributed by atoms with Crippen molar-refractivity contribution in [1.29, 1.82) is 0 Å². The molecular formula is C25H30. The van der Waals surface area contributed by atoms with E-state index >= 15 is 0 Å². The molecule has 0 amide bonds. The quantitative estimate of drug-likeness (QED) is 0.461. The first-order valence-corrected chi connectivity index (χ1v) is 9.58. The molecule has 1 spiro atoms. The summed E-state index contributed by atoms with van der Waals surface area (Å²) in [6, 6.07) is 14.4. The van der Waals surface area contributed by atoms with E-state index in [1.54, 1.807) is 11.1 Å². The van der Waals surface area contributed by atoms with Crippen LogP contribution in [0, 0.1) is 0 Å². The minimum Gasteiger partial charge on any atom is -0.0873 e. The van der Waals surface area contributed by atoms with Gasteiger partial charge in [-0.25, -0.2) is 0 Å². The summed E-state index contributed by atoms with van der Waals surface area (Å²) >= 11 is 0. The van der Waals surface area contributed by atoms with E-state index in [-0.39, 0.29) is 16.2 Å². The van der Waals surface area contributed by atoms with E-state index < -0.39 is 0 Å². The Morgan fingerprint density at radius 1 is 0.640 bits per heavy atom. The Kier molecular flexibility index (Phi) is 3.39. The highest BCUT2D eigenvalue weighted by Gasteiger charge is 2.44. The zero-order valence-electron chi connectivity index (χ0n) is 16.5. The summed E-state index contributed by atoms with van der Waals surface area (Å²) in [5.74, 6) is 0. The second kappa shape index (κ2) is 5.10. The van der Waals surface area contributed by atoms with Crippen LogP contribution in [0.25, 0.3) is 11.1 Å². The lowest BCUT2D eigenvalue weighted by Crippen LogP contribution is -2.23. The summed E-state index contributed by atoms with van der Waals surface area (Å²) in [6.45, 7) is 13.9. The van der Waals surface area contributed by atoms with Gasteiger partial charge in [0.1, 0.15) is 0 Å². The zero-order valence-corrected chi connectivity index (χ0v) is 16.5. The Morgan fingerprint density at radius 3 is 1.40 bits per heavy atom. The van der Waals surface area contributed by atoms with E-state index in [2.05, 4.69) is 90.1 Å². The van der Waals surface area contributed by atoms with Crippen molar-refractivity contribution >= 4 is 0 Å². The van der Waals surface area contributed by atoms with Gasteiger partial charge in [-0.15, -0.1) is 0 Å². The molecule has 130 valence electrons. The number of allylic oxidation sites excluding steroid dienone is 2. The summed E-state index contributed by atoms with van der Waals surface area (Å²) in [4.78, 5) is 0. The molecule has 2 aliphatic carbocycles. The van der Waals surface area contributed by atoms with Crippen molar-refractivity contribution in [2.45, 2.75) is 70.6 Å². The van der Waals surface area contributed by atoms with Crippen LogP contribution in [0.5, 0.6) is 0 Å². The number of fused-ring (bicyclic) bond motifs is 5. The fraction of sp³-hybridized carbons (Fsp3) is 0.440. The third-order valence-electron chi connectivity index (χ3n) is 6.19. The van der Waals surface area contributed by atoms with Crippen molar-refractivity contribution < 1.29 is 0 Å². The highest BCUT2D eigenvalue weighted by atomic mass is 14.5. The average Bonchev–Trinajstić information content (AvgIpc) is 3.11. The lowest BCUT2D eigenvalue weighted by Gasteiger charge is -2.30. The fourth-order valence-electron chi connectivity index (χ4n) is 4.52. The summed E-state index contributed by atoms with van der Waals surface area (Å²) in [7, 11) is 0. The van der Waals surface area contributed by atoms with Crippen molar-refractivity contribution in [3.63, 3.8) is 0 Å². The molecule has 0 aromatic heterocycles. The third kappa shape index (κ3) is 2.41. The molecule has 0 heterocycles. The SMILES string of the molecule is CC(C)(C)c1ccc2c(c1)C1(CC=CC1)c1cc(C(C)(C)C)ccc1-2. The topological polar surface area (TPSA) is 0 Å². The highest BCUT2D eigenvalue weighted by Crippen LogP contribution is 2.56. The Labute approximate surface area is 153 Å². The first-order chi connectivity index (χ1) is 11.6. The van der Waals surface area contributed by atoms with E-state index in [9.17, 15) is 0 Å². The van der Waals surface area contributed by atoms with Gasteiger partial charge in [0.05, 0.1) is 0 Å². The van der Waals surface area contributed by atoms with Crippen molar-refractivity contribution in [2.75, 3.05) is 0 Å². The Balaban J connectivity index is 1.96. The summed E-state index contributed by atoms with van der Waals surface area (Å²) in [5.41, 5.74) is 9.42. The van der Waals surface area contributed by atoms with Gasteiger partial charge in [-0.05, 0) is 57.1 Å². The van der Waals surface area contributed by atoms with Gasteiger partial charge in [-0.3, -0.25) is 0 Å². The van der Waals surface area contributed by atoms with Crippen LogP contribution in [-0.4, -0.2) is 0 Å². The van der Waals surface area contributed by atoms with Crippen molar-refractivity contribution in [2.24, 2.45) is 0 Å². The van der Waals surface area contributed by atoms with Crippen molar-refractivity contribution in [1.82, 2.24) is 0 Å². The molecule has 2 aromatic carbocycles. The Morgan fingerprint density at radius 2 is 1.04 bits per heavy atom. The normalized spacial score (nSPS) is 17.8. The Bertz CT molecular complexity index is 792. The van der Waals surface area contributed by atoms with Crippen molar-refractivity contribution in [3.8, 4) is 11.1 Å². The summed E-state index contributed by atoms with van der Waals surface area (Å²) < 4.78 is 0. The monoisotopic (exact) mass is 330 g/mol. The van der Waals surface area contributed by atoms with E-state index in [4.69, 9.17) is 0 Å².